The highest BCUT2D eigenvalue weighted by Crippen LogP contribution is 2.38. The van der Waals surface area contributed by atoms with Gasteiger partial charge in [0.1, 0.15) is 11.3 Å². The molecular weight excluding hydrogens is 513 g/mol. The molecule has 1 atom stereocenters. The molecule has 1 unspecified atom stereocenters. The Morgan fingerprint density at radius 3 is 2.06 bits per heavy atom. The maximum Gasteiger partial charge on any atom is 0.422 e. The first kappa shape index (κ1) is 27.1. The summed E-state index contributed by atoms with van der Waals surface area (Å²) < 4.78 is 93.9. The fraction of sp³-hybridized carbons (Fsp3) is 0.167. The molecule has 190 valence electrons. The Kier molecular flexibility index (Phi) is 8.28. The van der Waals surface area contributed by atoms with Crippen LogP contribution in [0.25, 0.3) is 0 Å². The first-order chi connectivity index (χ1) is 16.9. The van der Waals surface area contributed by atoms with Crippen LogP contribution in [-0.2, 0) is 22.2 Å². The molecule has 2 N–H and O–H groups in total. The maximum atomic E-state index is 14.1. The average molecular weight is 530 g/mol. The second-order valence-electron chi connectivity index (χ2n) is 7.49. The van der Waals surface area contributed by atoms with Crippen LogP contribution in [0.15, 0.2) is 59.5 Å². The molecule has 0 aliphatic rings. The molecule has 0 aliphatic carbocycles. The van der Waals surface area contributed by atoms with E-state index in [-0.39, 0.29) is 12.3 Å². The van der Waals surface area contributed by atoms with Crippen LogP contribution < -0.4 is 10.6 Å². The van der Waals surface area contributed by atoms with Crippen molar-refractivity contribution >= 4 is 35.0 Å². The van der Waals surface area contributed by atoms with Crippen molar-refractivity contribution in [2.24, 2.45) is 0 Å². The number of hydrogen-bond acceptors (Lipinski definition) is 3. The molecule has 2 amide bonds. The van der Waals surface area contributed by atoms with Crippen molar-refractivity contribution in [1.82, 2.24) is 0 Å². The quantitative estimate of drug-likeness (QED) is 0.207. The van der Waals surface area contributed by atoms with E-state index in [2.05, 4.69) is 5.32 Å². The zero-order valence-electron chi connectivity index (χ0n) is 18.4. The lowest BCUT2D eigenvalue weighted by Gasteiger charge is -2.16. The van der Waals surface area contributed by atoms with Crippen molar-refractivity contribution in [1.29, 1.82) is 0 Å². The standard InChI is InChI=1S/C24H17F7N2O2S/c1-12(23(35)33-22-20(27)18(25)17(24(29,30)31)19(26)21(22)28)36-15-9-5-8-14(11-15)32-16(34)10-13-6-3-2-4-7-13/h2-9,11-12H,10H2,1H3,(H,32,34)(H,33,35). The van der Waals surface area contributed by atoms with E-state index >= 15 is 0 Å². The van der Waals surface area contributed by atoms with Crippen molar-refractivity contribution in [2.75, 3.05) is 10.6 Å². The topological polar surface area (TPSA) is 58.2 Å². The lowest BCUT2D eigenvalue weighted by atomic mass is 10.1. The minimum absolute atomic E-state index is 0.119. The zero-order valence-corrected chi connectivity index (χ0v) is 19.2. The van der Waals surface area contributed by atoms with Crippen molar-refractivity contribution < 1.29 is 40.3 Å². The van der Waals surface area contributed by atoms with Crippen LogP contribution in [0.5, 0.6) is 0 Å². The van der Waals surface area contributed by atoms with Crippen molar-refractivity contribution in [3.05, 3.63) is 89.0 Å². The monoisotopic (exact) mass is 530 g/mol. The van der Waals surface area contributed by atoms with E-state index in [0.29, 0.717) is 10.6 Å². The van der Waals surface area contributed by atoms with E-state index in [0.717, 1.165) is 17.3 Å². The first-order valence-corrected chi connectivity index (χ1v) is 11.1. The number of anilines is 2. The van der Waals surface area contributed by atoms with Crippen molar-refractivity contribution in [3.63, 3.8) is 0 Å². The molecule has 0 aromatic heterocycles. The maximum absolute atomic E-state index is 14.1. The molecule has 0 bridgehead atoms. The van der Waals surface area contributed by atoms with Gasteiger partial charge in [-0.15, -0.1) is 11.8 Å². The Bertz CT molecular complexity index is 1250. The van der Waals surface area contributed by atoms with Crippen LogP contribution in [0.3, 0.4) is 0 Å². The summed E-state index contributed by atoms with van der Waals surface area (Å²) in [4.78, 5) is 25.1. The van der Waals surface area contributed by atoms with Crippen LogP contribution in [0.2, 0.25) is 0 Å². The summed E-state index contributed by atoms with van der Waals surface area (Å²) in [6.07, 6.45) is -5.57. The van der Waals surface area contributed by atoms with Crippen molar-refractivity contribution in [3.8, 4) is 0 Å². The van der Waals surface area contributed by atoms with Gasteiger partial charge in [0.05, 0.1) is 11.7 Å². The fourth-order valence-corrected chi connectivity index (χ4v) is 4.03. The third-order valence-electron chi connectivity index (χ3n) is 4.80. The highest BCUT2D eigenvalue weighted by Gasteiger charge is 2.42. The van der Waals surface area contributed by atoms with Gasteiger partial charge in [0.25, 0.3) is 0 Å². The van der Waals surface area contributed by atoms with Crippen LogP contribution in [0, 0.1) is 23.3 Å². The van der Waals surface area contributed by atoms with E-state index in [1.54, 1.807) is 47.8 Å². The molecular formula is C24H17F7N2O2S. The molecule has 0 spiro atoms. The molecule has 0 heterocycles. The van der Waals surface area contributed by atoms with Gasteiger partial charge in [-0.2, -0.15) is 13.2 Å². The molecule has 36 heavy (non-hydrogen) atoms. The third-order valence-corrected chi connectivity index (χ3v) is 5.90. The Hall–Kier alpha value is -3.54. The SMILES string of the molecule is CC(Sc1cccc(NC(=O)Cc2ccccc2)c1)C(=O)Nc1c(F)c(F)c(C(F)(F)F)c(F)c1F. The molecule has 3 aromatic rings. The van der Waals surface area contributed by atoms with Gasteiger partial charge in [-0.3, -0.25) is 9.59 Å². The second-order valence-corrected chi connectivity index (χ2v) is 8.91. The Labute approximate surface area is 204 Å². The van der Waals surface area contributed by atoms with Crippen LogP contribution >= 0.6 is 11.8 Å². The summed E-state index contributed by atoms with van der Waals surface area (Å²) in [5.41, 5.74) is -3.21. The van der Waals surface area contributed by atoms with Gasteiger partial charge in [0, 0.05) is 10.6 Å². The molecule has 0 saturated heterocycles. The van der Waals surface area contributed by atoms with E-state index in [9.17, 15) is 40.3 Å². The number of halogens is 7. The zero-order chi connectivity index (χ0) is 26.6. The van der Waals surface area contributed by atoms with E-state index in [4.69, 9.17) is 0 Å². The minimum atomic E-state index is -5.69. The summed E-state index contributed by atoms with van der Waals surface area (Å²) in [6, 6.07) is 15.2. The molecule has 0 radical (unpaired) electrons. The smallest absolute Gasteiger partial charge is 0.326 e. The van der Waals surface area contributed by atoms with Gasteiger partial charge in [-0.25, -0.2) is 17.6 Å². The van der Waals surface area contributed by atoms with E-state index in [1.807, 2.05) is 6.07 Å². The molecule has 3 rings (SSSR count). The number of carbonyl (C=O) groups excluding carboxylic acids is 2. The number of benzene rings is 3. The van der Waals surface area contributed by atoms with Crippen LogP contribution in [-0.4, -0.2) is 17.1 Å². The van der Waals surface area contributed by atoms with Crippen LogP contribution in [0.4, 0.5) is 42.1 Å². The Morgan fingerprint density at radius 2 is 1.47 bits per heavy atom. The number of amides is 2. The van der Waals surface area contributed by atoms with Crippen molar-refractivity contribution in [2.45, 2.75) is 29.7 Å². The third kappa shape index (κ3) is 6.36. The summed E-state index contributed by atoms with van der Waals surface area (Å²) in [7, 11) is 0. The highest BCUT2D eigenvalue weighted by atomic mass is 32.2. The lowest BCUT2D eigenvalue weighted by molar-refractivity contribution is -0.143. The Balaban J connectivity index is 1.70. The molecule has 12 heteroatoms. The number of nitrogens with one attached hydrogen (secondary N) is 2. The molecule has 4 nitrogen and oxygen atoms in total. The van der Waals surface area contributed by atoms with Gasteiger partial charge in [0.2, 0.25) is 11.8 Å². The lowest BCUT2D eigenvalue weighted by Crippen LogP contribution is -2.25. The summed E-state index contributed by atoms with van der Waals surface area (Å²) >= 11 is 0.868. The van der Waals surface area contributed by atoms with Gasteiger partial charge < -0.3 is 10.6 Å². The number of alkyl halides is 3. The number of thioether (sulfide) groups is 1. The van der Waals surface area contributed by atoms with E-state index in [1.165, 1.54) is 13.0 Å². The number of hydrogen-bond donors (Lipinski definition) is 2. The second kappa shape index (κ2) is 11.0. The normalized spacial score (nSPS) is 12.2. The predicted molar refractivity (Wildman–Crippen MR) is 120 cm³/mol. The summed E-state index contributed by atoms with van der Waals surface area (Å²) in [6.45, 7) is 1.30. The summed E-state index contributed by atoms with van der Waals surface area (Å²) in [5, 5.41) is 3.19. The minimum Gasteiger partial charge on any atom is -0.326 e. The van der Waals surface area contributed by atoms with Gasteiger partial charge in [0.15, 0.2) is 23.3 Å². The molecule has 3 aromatic carbocycles. The first-order valence-electron chi connectivity index (χ1n) is 10.2. The largest absolute Gasteiger partial charge is 0.422 e. The molecule has 0 saturated carbocycles. The number of rotatable bonds is 7. The van der Waals surface area contributed by atoms with Gasteiger partial charge in [-0.05, 0) is 30.7 Å². The highest BCUT2D eigenvalue weighted by molar-refractivity contribution is 8.00. The molecule has 0 fully saturated rings. The van der Waals surface area contributed by atoms with Gasteiger partial charge >= 0.3 is 6.18 Å². The Morgan fingerprint density at radius 1 is 0.861 bits per heavy atom. The van der Waals surface area contributed by atoms with Crippen LogP contribution in [0.1, 0.15) is 18.1 Å². The fourth-order valence-electron chi connectivity index (χ4n) is 3.11. The predicted octanol–water partition coefficient (Wildman–Crippen LogP) is 6.56. The van der Waals surface area contributed by atoms with E-state index < -0.39 is 51.9 Å². The van der Waals surface area contributed by atoms with Gasteiger partial charge in [-0.1, -0.05) is 36.4 Å². The molecule has 0 aliphatic heterocycles. The average Bonchev–Trinajstić information content (AvgIpc) is 2.80. The number of carbonyl (C=O) groups is 2. The summed E-state index contributed by atoms with van der Waals surface area (Å²) in [5.74, 6) is -11.5.